The van der Waals surface area contributed by atoms with Crippen molar-refractivity contribution in [2.24, 2.45) is 0 Å². The first-order chi connectivity index (χ1) is 25.8. The smallest absolute Gasteiger partial charge is 0.0541 e. The van der Waals surface area contributed by atoms with E-state index in [1.807, 2.05) is 0 Å². The van der Waals surface area contributed by atoms with Crippen LogP contribution < -0.4 is 0 Å². The highest BCUT2D eigenvalue weighted by molar-refractivity contribution is 5.96. The lowest BCUT2D eigenvalue weighted by molar-refractivity contribution is 1.13. The van der Waals surface area contributed by atoms with Crippen molar-refractivity contribution in [1.29, 1.82) is 0 Å². The first-order valence-electron chi connectivity index (χ1n) is 17.8. The first-order valence-corrected chi connectivity index (χ1v) is 17.8. The van der Waals surface area contributed by atoms with Gasteiger partial charge in [0.25, 0.3) is 0 Å². The average Bonchev–Trinajstić information content (AvgIpc) is 3.80. The van der Waals surface area contributed by atoms with Crippen LogP contribution >= 0.6 is 0 Å². The Morgan fingerprint density at radius 2 is 0.635 bits per heavy atom. The van der Waals surface area contributed by atoms with Crippen molar-refractivity contribution < 1.29 is 0 Å². The zero-order valence-electron chi connectivity index (χ0n) is 28.5. The number of hydrogen-bond acceptors (Lipinski definition) is 0. The predicted octanol–water partition coefficient (Wildman–Crippen LogP) is 13.4. The lowest BCUT2D eigenvalue weighted by atomic mass is 10.0. The molecule has 10 aromatic rings. The number of benzene rings is 8. The van der Waals surface area contributed by atoms with Gasteiger partial charge in [0.1, 0.15) is 0 Å². The molecule has 2 nitrogen and oxygen atoms in total. The average molecular weight is 663 g/mol. The second kappa shape index (κ2) is 12.5. The molecule has 0 saturated heterocycles. The molecule has 0 atom stereocenters. The molecule has 0 spiro atoms. The monoisotopic (exact) mass is 662 g/mol. The van der Waals surface area contributed by atoms with Gasteiger partial charge >= 0.3 is 0 Å². The standard InChI is InChI=1S/C50H34N2/c1-4-12-35(13-5-1)37-24-27-45(28-25-37)51-47(38-15-6-2-7-16-38)33-43-22-20-41(31-49(43)51)42-21-23-44-34-48(39-17-8-3-9-18-39)52(50(44)32-42)46-29-26-36-14-10-11-19-40(36)30-46/h1-34H. The van der Waals surface area contributed by atoms with Crippen LogP contribution in [0.1, 0.15) is 0 Å². The second-order valence-electron chi connectivity index (χ2n) is 13.5. The Morgan fingerprint density at radius 3 is 1.19 bits per heavy atom. The van der Waals surface area contributed by atoms with Crippen LogP contribution in [-0.4, -0.2) is 9.13 Å². The Bertz CT molecular complexity index is 2860. The summed E-state index contributed by atoms with van der Waals surface area (Å²) in [5, 5.41) is 4.89. The van der Waals surface area contributed by atoms with E-state index in [9.17, 15) is 0 Å². The molecule has 0 radical (unpaired) electrons. The predicted molar refractivity (Wildman–Crippen MR) is 219 cm³/mol. The molecule has 0 N–H and O–H groups in total. The summed E-state index contributed by atoms with van der Waals surface area (Å²) in [5.41, 5.74) is 14.2. The summed E-state index contributed by atoms with van der Waals surface area (Å²) in [4.78, 5) is 0. The Morgan fingerprint density at radius 1 is 0.231 bits per heavy atom. The number of aromatic nitrogens is 2. The Labute approximate surface area is 303 Å². The number of rotatable bonds is 6. The van der Waals surface area contributed by atoms with Crippen LogP contribution in [-0.2, 0) is 0 Å². The summed E-state index contributed by atoms with van der Waals surface area (Å²) in [5.74, 6) is 0. The van der Waals surface area contributed by atoms with E-state index in [1.54, 1.807) is 0 Å². The van der Waals surface area contributed by atoms with Crippen molar-refractivity contribution in [3.63, 3.8) is 0 Å². The maximum absolute atomic E-state index is 2.42. The molecular formula is C50H34N2. The third kappa shape index (κ3) is 5.21. The molecule has 8 aromatic carbocycles. The van der Waals surface area contributed by atoms with Gasteiger partial charge in [0.2, 0.25) is 0 Å². The van der Waals surface area contributed by atoms with Crippen molar-refractivity contribution >= 4 is 32.6 Å². The summed E-state index contributed by atoms with van der Waals surface area (Å²) in [6.07, 6.45) is 0. The fourth-order valence-corrected chi connectivity index (χ4v) is 7.71. The fraction of sp³-hybridized carbons (Fsp3) is 0. The normalized spacial score (nSPS) is 11.5. The van der Waals surface area contributed by atoms with Crippen LogP contribution in [0.2, 0.25) is 0 Å². The van der Waals surface area contributed by atoms with Crippen LogP contribution in [0.4, 0.5) is 0 Å². The van der Waals surface area contributed by atoms with Crippen molar-refractivity contribution in [2.75, 3.05) is 0 Å². The highest BCUT2D eigenvalue weighted by atomic mass is 15.0. The van der Waals surface area contributed by atoms with Crippen molar-refractivity contribution in [3.05, 3.63) is 206 Å². The SMILES string of the molecule is c1ccc(-c2ccc(-n3c(-c4ccccc4)cc4ccc(-c5ccc6cc(-c7ccccc7)n(-c7ccc8ccccc8c7)c6c5)cc43)cc2)cc1. The minimum atomic E-state index is 1.14. The molecule has 2 heteroatoms. The fourth-order valence-electron chi connectivity index (χ4n) is 7.71. The maximum atomic E-state index is 2.42. The molecule has 10 rings (SSSR count). The molecular weight excluding hydrogens is 629 g/mol. The van der Waals surface area contributed by atoms with Gasteiger partial charge in [-0.25, -0.2) is 0 Å². The number of nitrogens with zero attached hydrogens (tertiary/aromatic N) is 2. The molecule has 0 bridgehead atoms. The van der Waals surface area contributed by atoms with Crippen LogP contribution in [0.25, 0.3) is 88.7 Å². The van der Waals surface area contributed by atoms with Crippen LogP contribution in [0.15, 0.2) is 206 Å². The summed E-state index contributed by atoms with van der Waals surface area (Å²) in [7, 11) is 0. The molecule has 52 heavy (non-hydrogen) atoms. The first kappa shape index (κ1) is 30.0. The van der Waals surface area contributed by atoms with Gasteiger partial charge in [-0.05, 0) is 92.7 Å². The van der Waals surface area contributed by atoms with Crippen LogP contribution in [0, 0.1) is 0 Å². The van der Waals surface area contributed by atoms with E-state index in [1.165, 1.54) is 77.3 Å². The number of hydrogen-bond donors (Lipinski definition) is 0. The van der Waals surface area contributed by atoms with Gasteiger partial charge < -0.3 is 9.13 Å². The summed E-state index contributed by atoms with van der Waals surface area (Å²) < 4.78 is 4.83. The summed E-state index contributed by atoms with van der Waals surface area (Å²) in [6.45, 7) is 0. The summed E-state index contributed by atoms with van der Waals surface area (Å²) in [6, 6.07) is 74.8. The maximum Gasteiger partial charge on any atom is 0.0541 e. The molecule has 0 aliphatic carbocycles. The van der Waals surface area contributed by atoms with E-state index in [4.69, 9.17) is 0 Å². The molecule has 0 saturated carbocycles. The van der Waals surface area contributed by atoms with Gasteiger partial charge in [0.05, 0.1) is 22.4 Å². The molecule has 2 heterocycles. The zero-order chi connectivity index (χ0) is 34.4. The van der Waals surface area contributed by atoms with E-state index in [0.29, 0.717) is 0 Å². The van der Waals surface area contributed by atoms with Crippen molar-refractivity contribution in [2.45, 2.75) is 0 Å². The third-order valence-electron chi connectivity index (χ3n) is 10.3. The van der Waals surface area contributed by atoms with Gasteiger partial charge in [0, 0.05) is 22.1 Å². The highest BCUT2D eigenvalue weighted by Gasteiger charge is 2.17. The largest absolute Gasteiger partial charge is 0.309 e. The molecule has 2 aromatic heterocycles. The molecule has 0 unspecified atom stereocenters. The van der Waals surface area contributed by atoms with E-state index in [2.05, 4.69) is 215 Å². The van der Waals surface area contributed by atoms with Crippen LogP contribution in [0.5, 0.6) is 0 Å². The topological polar surface area (TPSA) is 9.86 Å². The minimum Gasteiger partial charge on any atom is -0.309 e. The van der Waals surface area contributed by atoms with Gasteiger partial charge in [-0.15, -0.1) is 0 Å². The van der Waals surface area contributed by atoms with Gasteiger partial charge in [0.15, 0.2) is 0 Å². The Balaban J connectivity index is 1.15. The molecule has 0 amide bonds. The van der Waals surface area contributed by atoms with Crippen molar-refractivity contribution in [1.82, 2.24) is 9.13 Å². The van der Waals surface area contributed by atoms with E-state index in [-0.39, 0.29) is 0 Å². The van der Waals surface area contributed by atoms with Crippen LogP contribution in [0.3, 0.4) is 0 Å². The molecule has 0 aliphatic heterocycles. The second-order valence-corrected chi connectivity index (χ2v) is 13.5. The minimum absolute atomic E-state index is 1.14. The molecule has 0 aliphatic rings. The quantitative estimate of drug-likeness (QED) is 0.168. The van der Waals surface area contributed by atoms with Gasteiger partial charge in [-0.1, -0.05) is 158 Å². The van der Waals surface area contributed by atoms with E-state index >= 15 is 0 Å². The van der Waals surface area contributed by atoms with Gasteiger partial charge in [-0.2, -0.15) is 0 Å². The van der Waals surface area contributed by atoms with Crippen molar-refractivity contribution in [3.8, 4) is 56.1 Å². The van der Waals surface area contributed by atoms with Gasteiger partial charge in [-0.3, -0.25) is 0 Å². The van der Waals surface area contributed by atoms with E-state index in [0.717, 1.165) is 11.4 Å². The molecule has 244 valence electrons. The Hall–Kier alpha value is -6.90. The highest BCUT2D eigenvalue weighted by Crippen LogP contribution is 2.38. The lowest BCUT2D eigenvalue weighted by Gasteiger charge is -2.14. The third-order valence-corrected chi connectivity index (χ3v) is 10.3. The Kier molecular flexibility index (Phi) is 7.18. The lowest BCUT2D eigenvalue weighted by Crippen LogP contribution is -1.97. The molecule has 0 fully saturated rings. The van der Waals surface area contributed by atoms with E-state index < -0.39 is 0 Å². The summed E-state index contributed by atoms with van der Waals surface area (Å²) >= 11 is 0. The number of fused-ring (bicyclic) bond motifs is 3. The zero-order valence-corrected chi connectivity index (χ0v) is 28.5.